The quantitative estimate of drug-likeness (QED) is 0.443. The molecule has 2 aromatic rings. The Labute approximate surface area is 183 Å². The standard InChI is InChI=1S/C22H21BrN2O3S/c1-5-8-28-17-7-6-15(11-18(17)27-4)12-19-21(26)25-22(29-19)24-16-9-13(2)20(23)14(3)10-16/h5-7,9-12H,1,8H2,2-4H3,(H,24,25,26)/b19-12-. The smallest absolute Gasteiger partial charge is 0.264 e. The molecule has 0 aromatic heterocycles. The Morgan fingerprint density at radius 3 is 2.59 bits per heavy atom. The average molecular weight is 473 g/mol. The van der Waals surface area contributed by atoms with Gasteiger partial charge in [0.1, 0.15) is 6.61 Å². The fraction of sp³-hybridized carbons (Fsp3) is 0.182. The highest BCUT2D eigenvalue weighted by atomic mass is 79.9. The van der Waals surface area contributed by atoms with Crippen LogP contribution in [0, 0.1) is 13.8 Å². The van der Waals surface area contributed by atoms with Gasteiger partial charge in [-0.05, 0) is 72.6 Å². The molecule has 7 heteroatoms. The fourth-order valence-corrected chi connectivity index (χ4v) is 3.85. The topological polar surface area (TPSA) is 59.9 Å². The number of aliphatic imine (C=N–C) groups is 1. The molecule has 0 bridgehead atoms. The summed E-state index contributed by atoms with van der Waals surface area (Å²) in [4.78, 5) is 17.5. The lowest BCUT2D eigenvalue weighted by Gasteiger charge is -2.09. The SMILES string of the molecule is C=CCOc1ccc(/C=C2\SC(=Nc3cc(C)c(Br)c(C)c3)NC2=O)cc1OC. The van der Waals surface area contributed by atoms with E-state index in [4.69, 9.17) is 9.47 Å². The summed E-state index contributed by atoms with van der Waals surface area (Å²) < 4.78 is 12.0. The van der Waals surface area contributed by atoms with Gasteiger partial charge in [0.25, 0.3) is 5.91 Å². The maximum atomic E-state index is 12.4. The van der Waals surface area contributed by atoms with Gasteiger partial charge in [-0.25, -0.2) is 4.99 Å². The lowest BCUT2D eigenvalue weighted by molar-refractivity contribution is -0.115. The molecule has 1 aliphatic heterocycles. The molecule has 1 heterocycles. The Hall–Kier alpha value is -2.51. The highest BCUT2D eigenvalue weighted by Crippen LogP contribution is 2.33. The fourth-order valence-electron chi connectivity index (χ4n) is 2.78. The van der Waals surface area contributed by atoms with Crippen molar-refractivity contribution in [3.8, 4) is 11.5 Å². The van der Waals surface area contributed by atoms with Crippen molar-refractivity contribution < 1.29 is 14.3 Å². The molecular weight excluding hydrogens is 452 g/mol. The predicted molar refractivity (Wildman–Crippen MR) is 123 cm³/mol. The number of hydrogen-bond donors (Lipinski definition) is 1. The van der Waals surface area contributed by atoms with Gasteiger partial charge in [0.05, 0.1) is 17.7 Å². The third-order valence-corrected chi connectivity index (χ3v) is 6.31. The number of nitrogens with zero attached hydrogens (tertiary/aromatic N) is 1. The van der Waals surface area contributed by atoms with Crippen LogP contribution in [0.1, 0.15) is 16.7 Å². The van der Waals surface area contributed by atoms with E-state index in [0.29, 0.717) is 28.2 Å². The monoisotopic (exact) mass is 472 g/mol. The molecule has 0 unspecified atom stereocenters. The Morgan fingerprint density at radius 2 is 1.93 bits per heavy atom. The van der Waals surface area contributed by atoms with Crippen molar-refractivity contribution in [2.24, 2.45) is 4.99 Å². The summed E-state index contributed by atoms with van der Waals surface area (Å²) in [5.41, 5.74) is 3.83. The molecule has 0 radical (unpaired) electrons. The minimum atomic E-state index is -0.176. The number of ether oxygens (including phenoxy) is 2. The van der Waals surface area contributed by atoms with Crippen LogP contribution in [0.4, 0.5) is 5.69 Å². The normalized spacial score (nSPS) is 16.2. The molecule has 1 aliphatic rings. The van der Waals surface area contributed by atoms with Crippen LogP contribution in [0.25, 0.3) is 6.08 Å². The largest absolute Gasteiger partial charge is 0.493 e. The van der Waals surface area contributed by atoms with E-state index in [1.165, 1.54) is 11.8 Å². The first-order valence-corrected chi connectivity index (χ1v) is 10.5. The predicted octanol–water partition coefficient (Wildman–Crippen LogP) is 5.53. The van der Waals surface area contributed by atoms with Crippen LogP contribution in [0.3, 0.4) is 0 Å². The molecule has 0 atom stereocenters. The number of thioether (sulfide) groups is 1. The van der Waals surface area contributed by atoms with Crippen LogP contribution < -0.4 is 14.8 Å². The number of carbonyl (C=O) groups excluding carboxylic acids is 1. The van der Waals surface area contributed by atoms with E-state index < -0.39 is 0 Å². The maximum absolute atomic E-state index is 12.4. The zero-order chi connectivity index (χ0) is 21.0. The minimum absolute atomic E-state index is 0.176. The number of halogens is 1. The van der Waals surface area contributed by atoms with Gasteiger partial charge >= 0.3 is 0 Å². The molecule has 3 rings (SSSR count). The molecule has 1 N–H and O–H groups in total. The van der Waals surface area contributed by atoms with Gasteiger partial charge in [-0.3, -0.25) is 4.79 Å². The number of hydrogen-bond acceptors (Lipinski definition) is 5. The number of rotatable bonds is 6. The first kappa shape index (κ1) is 21.2. The molecule has 150 valence electrons. The summed E-state index contributed by atoms with van der Waals surface area (Å²) in [7, 11) is 1.58. The first-order valence-electron chi connectivity index (χ1n) is 8.89. The number of aryl methyl sites for hydroxylation is 2. The molecule has 0 aliphatic carbocycles. The minimum Gasteiger partial charge on any atom is -0.493 e. The van der Waals surface area contributed by atoms with Crippen LogP contribution in [0.2, 0.25) is 0 Å². The summed E-state index contributed by atoms with van der Waals surface area (Å²) in [6, 6.07) is 9.47. The Morgan fingerprint density at radius 1 is 1.21 bits per heavy atom. The molecular formula is C22H21BrN2O3S. The average Bonchev–Trinajstić information content (AvgIpc) is 3.03. The molecule has 0 saturated carbocycles. The van der Waals surface area contributed by atoms with Crippen molar-refractivity contribution >= 4 is 50.5 Å². The number of methoxy groups -OCH3 is 1. The molecule has 5 nitrogen and oxygen atoms in total. The zero-order valence-electron chi connectivity index (χ0n) is 16.4. The number of nitrogens with one attached hydrogen (secondary N) is 1. The highest BCUT2D eigenvalue weighted by molar-refractivity contribution is 9.10. The van der Waals surface area contributed by atoms with Crippen molar-refractivity contribution in [2.75, 3.05) is 13.7 Å². The molecule has 1 fully saturated rings. The maximum Gasteiger partial charge on any atom is 0.264 e. The summed E-state index contributed by atoms with van der Waals surface area (Å²) in [6.45, 7) is 8.07. The van der Waals surface area contributed by atoms with Gasteiger partial charge < -0.3 is 14.8 Å². The number of benzene rings is 2. The summed E-state index contributed by atoms with van der Waals surface area (Å²) in [5.74, 6) is 1.05. The number of carbonyl (C=O) groups is 1. The summed E-state index contributed by atoms with van der Waals surface area (Å²) in [6.07, 6.45) is 3.48. The van der Waals surface area contributed by atoms with Crippen LogP contribution in [-0.4, -0.2) is 24.8 Å². The van der Waals surface area contributed by atoms with E-state index in [1.54, 1.807) is 19.3 Å². The van der Waals surface area contributed by atoms with E-state index in [2.05, 4.69) is 32.8 Å². The molecule has 29 heavy (non-hydrogen) atoms. The third kappa shape index (κ3) is 5.10. The van der Waals surface area contributed by atoms with Crippen molar-refractivity contribution in [3.05, 3.63) is 69.1 Å². The van der Waals surface area contributed by atoms with E-state index in [-0.39, 0.29) is 5.91 Å². The summed E-state index contributed by atoms with van der Waals surface area (Å²) >= 11 is 4.87. The molecule has 1 saturated heterocycles. The third-order valence-electron chi connectivity index (χ3n) is 4.14. The molecule has 2 aromatic carbocycles. The van der Waals surface area contributed by atoms with Gasteiger partial charge in [-0.2, -0.15) is 0 Å². The second-order valence-corrected chi connectivity index (χ2v) is 8.21. The van der Waals surface area contributed by atoms with Gasteiger partial charge in [0.15, 0.2) is 16.7 Å². The number of amides is 1. The Bertz CT molecular complexity index is 1010. The lowest BCUT2D eigenvalue weighted by atomic mass is 10.1. The Balaban J connectivity index is 1.83. The summed E-state index contributed by atoms with van der Waals surface area (Å²) in [5, 5.41) is 3.38. The Kier molecular flexibility index (Phi) is 6.82. The lowest BCUT2D eigenvalue weighted by Crippen LogP contribution is -2.19. The van der Waals surface area contributed by atoms with E-state index in [9.17, 15) is 4.79 Å². The first-order chi connectivity index (χ1) is 13.9. The van der Waals surface area contributed by atoms with Gasteiger partial charge in [0, 0.05) is 4.47 Å². The van der Waals surface area contributed by atoms with Gasteiger partial charge in [-0.15, -0.1) is 0 Å². The van der Waals surface area contributed by atoms with E-state index in [0.717, 1.165) is 26.9 Å². The second-order valence-electron chi connectivity index (χ2n) is 6.39. The highest BCUT2D eigenvalue weighted by Gasteiger charge is 2.24. The zero-order valence-corrected chi connectivity index (χ0v) is 18.8. The van der Waals surface area contributed by atoms with Crippen LogP contribution in [0.5, 0.6) is 11.5 Å². The van der Waals surface area contributed by atoms with Crippen molar-refractivity contribution in [3.63, 3.8) is 0 Å². The van der Waals surface area contributed by atoms with Gasteiger partial charge in [0.2, 0.25) is 0 Å². The van der Waals surface area contributed by atoms with Gasteiger partial charge in [-0.1, -0.05) is 34.7 Å². The van der Waals surface area contributed by atoms with Crippen LogP contribution >= 0.6 is 27.7 Å². The van der Waals surface area contributed by atoms with Crippen molar-refractivity contribution in [1.82, 2.24) is 5.32 Å². The van der Waals surface area contributed by atoms with Crippen LogP contribution in [0.15, 0.2) is 57.4 Å². The number of amidine groups is 1. The molecule has 0 spiro atoms. The van der Waals surface area contributed by atoms with E-state index in [1.807, 2.05) is 44.2 Å². The van der Waals surface area contributed by atoms with Crippen molar-refractivity contribution in [1.29, 1.82) is 0 Å². The second kappa shape index (κ2) is 9.33. The van der Waals surface area contributed by atoms with E-state index >= 15 is 0 Å². The molecule has 1 amide bonds. The van der Waals surface area contributed by atoms with Crippen LogP contribution in [-0.2, 0) is 4.79 Å². The van der Waals surface area contributed by atoms with Crippen molar-refractivity contribution in [2.45, 2.75) is 13.8 Å².